The van der Waals surface area contributed by atoms with Gasteiger partial charge in [0.15, 0.2) is 0 Å². The first-order valence-electron chi connectivity index (χ1n) is 3.29. The highest BCUT2D eigenvalue weighted by Gasteiger charge is 2.12. The zero-order chi connectivity index (χ0) is 10.0. The van der Waals surface area contributed by atoms with Crippen LogP contribution < -0.4 is 5.73 Å². The van der Waals surface area contributed by atoms with Crippen LogP contribution in [-0.2, 0) is 11.3 Å². The third-order valence-electron chi connectivity index (χ3n) is 1.37. The molecule has 70 valence electrons. The van der Waals surface area contributed by atoms with E-state index in [1.165, 1.54) is 16.8 Å². The second-order valence-electron chi connectivity index (χ2n) is 2.37. The van der Waals surface area contributed by atoms with Gasteiger partial charge in [-0.1, -0.05) is 0 Å². The van der Waals surface area contributed by atoms with Gasteiger partial charge in [-0.3, -0.25) is 14.9 Å². The van der Waals surface area contributed by atoms with Crippen LogP contribution in [0.25, 0.3) is 0 Å². The number of nitrogens with two attached hydrogens (primary N) is 1. The highest BCUT2D eigenvalue weighted by molar-refractivity contribution is 9.10. The molecule has 0 radical (unpaired) electrons. The van der Waals surface area contributed by atoms with E-state index in [2.05, 4.69) is 15.9 Å². The zero-order valence-corrected chi connectivity index (χ0v) is 8.02. The molecule has 0 saturated heterocycles. The Morgan fingerprint density at radius 2 is 2.38 bits per heavy atom. The summed E-state index contributed by atoms with van der Waals surface area (Å²) < 4.78 is 1.82. The smallest absolute Gasteiger partial charge is 0.288 e. The summed E-state index contributed by atoms with van der Waals surface area (Å²) in [5, 5.41) is 10.3. The summed E-state index contributed by atoms with van der Waals surface area (Å²) in [6, 6.07) is 1.31. The Labute approximate surface area is 81.6 Å². The Kier molecular flexibility index (Phi) is 2.66. The molecule has 1 aromatic rings. The van der Waals surface area contributed by atoms with E-state index in [1.54, 1.807) is 0 Å². The summed E-state index contributed by atoms with van der Waals surface area (Å²) in [5.74, 6) is -0.550. The fourth-order valence-electron chi connectivity index (χ4n) is 0.852. The average molecular weight is 248 g/mol. The number of carbonyl (C=O) groups is 1. The van der Waals surface area contributed by atoms with Crippen LogP contribution in [0.5, 0.6) is 0 Å². The maximum Gasteiger partial charge on any atom is 0.288 e. The molecule has 0 aliphatic heterocycles. The van der Waals surface area contributed by atoms with Gasteiger partial charge in [-0.25, -0.2) is 0 Å². The maximum atomic E-state index is 10.5. The number of rotatable bonds is 3. The van der Waals surface area contributed by atoms with Gasteiger partial charge in [0.2, 0.25) is 5.91 Å². The molecule has 1 amide bonds. The Balaban J connectivity index is 2.96. The lowest BCUT2D eigenvalue weighted by Crippen LogP contribution is -2.18. The van der Waals surface area contributed by atoms with E-state index in [-0.39, 0.29) is 12.2 Å². The summed E-state index contributed by atoms with van der Waals surface area (Å²) in [5.41, 5.74) is 4.85. The number of halogens is 1. The van der Waals surface area contributed by atoms with Crippen molar-refractivity contribution in [2.45, 2.75) is 6.54 Å². The maximum absolute atomic E-state index is 10.5. The van der Waals surface area contributed by atoms with Gasteiger partial charge < -0.3 is 10.3 Å². The first kappa shape index (κ1) is 9.72. The molecule has 1 rings (SSSR count). The van der Waals surface area contributed by atoms with E-state index in [0.29, 0.717) is 4.60 Å². The van der Waals surface area contributed by atoms with Gasteiger partial charge in [0, 0.05) is 6.07 Å². The van der Waals surface area contributed by atoms with E-state index >= 15 is 0 Å². The summed E-state index contributed by atoms with van der Waals surface area (Å²) in [4.78, 5) is 20.3. The van der Waals surface area contributed by atoms with E-state index in [4.69, 9.17) is 5.73 Å². The van der Waals surface area contributed by atoms with Gasteiger partial charge in [0.1, 0.15) is 6.54 Å². The molecule has 0 aliphatic rings. The number of aromatic nitrogens is 1. The van der Waals surface area contributed by atoms with Crippen LogP contribution in [0.4, 0.5) is 5.69 Å². The first-order chi connectivity index (χ1) is 6.00. The average Bonchev–Trinajstić information content (AvgIpc) is 2.31. The molecule has 2 N–H and O–H groups in total. The molecule has 0 unspecified atom stereocenters. The SMILES string of the molecule is NC(=O)Cn1cc([N+](=O)[O-])cc1Br. The van der Waals surface area contributed by atoms with Gasteiger partial charge in [0.05, 0.1) is 15.7 Å². The van der Waals surface area contributed by atoms with E-state index in [0.717, 1.165) is 0 Å². The Morgan fingerprint density at radius 3 is 2.77 bits per heavy atom. The quantitative estimate of drug-likeness (QED) is 0.628. The number of hydrogen-bond acceptors (Lipinski definition) is 3. The summed E-state index contributed by atoms with van der Waals surface area (Å²) in [6.07, 6.45) is 1.24. The molecule has 0 fully saturated rings. The lowest BCUT2D eigenvalue weighted by molar-refractivity contribution is -0.384. The third kappa shape index (κ3) is 2.28. The molecule has 0 spiro atoms. The van der Waals surface area contributed by atoms with Crippen LogP contribution in [0.2, 0.25) is 0 Å². The van der Waals surface area contributed by atoms with Crippen molar-refractivity contribution in [1.82, 2.24) is 4.57 Å². The fourth-order valence-corrected chi connectivity index (χ4v) is 1.31. The third-order valence-corrected chi connectivity index (χ3v) is 2.05. The molecule has 0 aromatic carbocycles. The number of hydrogen-bond donors (Lipinski definition) is 1. The predicted molar refractivity (Wildman–Crippen MR) is 48.0 cm³/mol. The number of nitrogens with zero attached hydrogens (tertiary/aromatic N) is 2. The zero-order valence-electron chi connectivity index (χ0n) is 6.44. The Morgan fingerprint density at radius 1 is 1.77 bits per heavy atom. The standard InChI is InChI=1S/C6H6BrN3O3/c7-5-1-4(10(12)13)2-9(5)3-6(8)11/h1-2H,3H2,(H2,8,11). The van der Waals surface area contributed by atoms with Crippen LogP contribution in [0, 0.1) is 10.1 Å². The minimum atomic E-state index is -0.550. The molecule has 1 heterocycles. The largest absolute Gasteiger partial charge is 0.368 e. The summed E-state index contributed by atoms with van der Waals surface area (Å²) >= 11 is 3.06. The lowest BCUT2D eigenvalue weighted by Gasteiger charge is -1.97. The summed E-state index contributed by atoms with van der Waals surface area (Å²) in [7, 11) is 0. The van der Waals surface area contributed by atoms with Gasteiger partial charge in [0.25, 0.3) is 5.69 Å². The number of primary amides is 1. The van der Waals surface area contributed by atoms with Crippen LogP contribution in [0.1, 0.15) is 0 Å². The van der Waals surface area contributed by atoms with Gasteiger partial charge >= 0.3 is 0 Å². The fraction of sp³-hybridized carbons (Fsp3) is 0.167. The van der Waals surface area contributed by atoms with Gasteiger partial charge in [-0.2, -0.15) is 0 Å². The minimum absolute atomic E-state index is 0.0750. The monoisotopic (exact) mass is 247 g/mol. The highest BCUT2D eigenvalue weighted by atomic mass is 79.9. The summed E-state index contributed by atoms with van der Waals surface area (Å²) in [6.45, 7) is -0.0750. The van der Waals surface area contributed by atoms with Crippen LogP contribution in [0.3, 0.4) is 0 Å². The highest BCUT2D eigenvalue weighted by Crippen LogP contribution is 2.20. The Hall–Kier alpha value is -1.37. The van der Waals surface area contributed by atoms with Crippen molar-refractivity contribution in [3.05, 3.63) is 27.0 Å². The molecule has 0 bridgehead atoms. The molecule has 6 nitrogen and oxygen atoms in total. The molecular weight excluding hydrogens is 242 g/mol. The minimum Gasteiger partial charge on any atom is -0.368 e. The van der Waals surface area contributed by atoms with Crippen molar-refractivity contribution < 1.29 is 9.72 Å². The van der Waals surface area contributed by atoms with Crippen LogP contribution >= 0.6 is 15.9 Å². The molecule has 0 atom stereocenters. The van der Waals surface area contributed by atoms with E-state index < -0.39 is 10.8 Å². The second kappa shape index (κ2) is 3.56. The Bertz CT molecular complexity index is 360. The number of amides is 1. The van der Waals surface area contributed by atoms with Crippen molar-refractivity contribution in [2.75, 3.05) is 0 Å². The molecule has 0 aliphatic carbocycles. The first-order valence-corrected chi connectivity index (χ1v) is 4.08. The van der Waals surface area contributed by atoms with Gasteiger partial charge in [-0.05, 0) is 15.9 Å². The van der Waals surface area contributed by atoms with Gasteiger partial charge in [-0.15, -0.1) is 0 Å². The van der Waals surface area contributed by atoms with Crippen LogP contribution in [0.15, 0.2) is 16.9 Å². The van der Waals surface area contributed by atoms with Crippen molar-refractivity contribution in [3.63, 3.8) is 0 Å². The topological polar surface area (TPSA) is 91.2 Å². The molecule has 1 aromatic heterocycles. The molecule has 13 heavy (non-hydrogen) atoms. The van der Waals surface area contributed by atoms with Crippen molar-refractivity contribution >= 4 is 27.5 Å². The van der Waals surface area contributed by atoms with Crippen molar-refractivity contribution in [3.8, 4) is 0 Å². The molecule has 0 saturated carbocycles. The van der Waals surface area contributed by atoms with Crippen molar-refractivity contribution in [2.24, 2.45) is 5.73 Å². The van der Waals surface area contributed by atoms with Crippen molar-refractivity contribution in [1.29, 1.82) is 0 Å². The van der Waals surface area contributed by atoms with E-state index in [1.807, 2.05) is 0 Å². The molecule has 7 heteroatoms. The second-order valence-corrected chi connectivity index (χ2v) is 3.18. The lowest BCUT2D eigenvalue weighted by atomic mass is 10.6. The predicted octanol–water partition coefficient (Wildman–Crippen LogP) is 0.644. The van der Waals surface area contributed by atoms with Crippen LogP contribution in [-0.4, -0.2) is 15.4 Å². The van der Waals surface area contributed by atoms with E-state index in [9.17, 15) is 14.9 Å². The number of carbonyl (C=O) groups excluding carboxylic acids is 1. The normalized spacial score (nSPS) is 9.92. The molecular formula is C6H6BrN3O3. The number of nitro groups is 1.